The molecular weight excluding hydrogens is 220 g/mol. The number of alkyl halides is 2. The molecule has 0 aromatic carbocycles. The summed E-state index contributed by atoms with van der Waals surface area (Å²) >= 11 is 0. The molecule has 8 heteroatoms. The van der Waals surface area contributed by atoms with Crippen molar-refractivity contribution < 1.29 is 13.9 Å². The van der Waals surface area contributed by atoms with Crippen molar-refractivity contribution in [2.45, 2.75) is 12.5 Å². The maximum Gasteiger partial charge on any atom is 0.265 e. The van der Waals surface area contributed by atoms with E-state index >= 15 is 0 Å². The fourth-order valence-electron chi connectivity index (χ4n) is 1.17. The zero-order valence-electron chi connectivity index (χ0n) is 8.09. The highest BCUT2D eigenvalue weighted by atomic mass is 19.3. The normalized spacial score (nSPS) is 13.2. The third kappa shape index (κ3) is 2.06. The molecule has 0 aliphatic rings. The molecule has 16 heavy (non-hydrogen) atoms. The second-order valence-electron chi connectivity index (χ2n) is 3.12. The van der Waals surface area contributed by atoms with Gasteiger partial charge in [0.15, 0.2) is 5.82 Å². The highest BCUT2D eigenvalue weighted by molar-refractivity contribution is 5.61. The first kappa shape index (κ1) is 10.7. The maximum atomic E-state index is 12.0. The number of hydrogen-bond acceptors (Lipinski definition) is 5. The van der Waals surface area contributed by atoms with Gasteiger partial charge in [0.05, 0.1) is 0 Å². The van der Waals surface area contributed by atoms with E-state index in [1.54, 1.807) is 10.6 Å². The Balaban J connectivity index is 2.12. The van der Waals surface area contributed by atoms with Crippen molar-refractivity contribution in [2.24, 2.45) is 0 Å². The van der Waals surface area contributed by atoms with Crippen LogP contribution in [0.15, 0.2) is 18.7 Å². The predicted octanol–water partition coefficient (Wildman–Crippen LogP) is 0.162. The fraction of sp³-hybridized carbons (Fsp3) is 0.375. The number of aliphatic hydroxyl groups is 1. The number of nitrogens with one attached hydrogen (secondary N) is 1. The minimum Gasteiger partial charge on any atom is -0.385 e. The van der Waals surface area contributed by atoms with Crippen LogP contribution in [0.4, 0.5) is 14.6 Å². The number of aliphatic hydroxyl groups excluding tert-OH is 1. The number of hydrogen-bond donors (Lipinski definition) is 2. The molecule has 0 amide bonds. The van der Waals surface area contributed by atoms with Gasteiger partial charge in [-0.2, -0.15) is 0 Å². The first-order valence-electron chi connectivity index (χ1n) is 4.53. The maximum absolute atomic E-state index is 12.0. The van der Waals surface area contributed by atoms with Gasteiger partial charge in [-0.1, -0.05) is 0 Å². The lowest BCUT2D eigenvalue weighted by atomic mass is 10.3. The molecule has 0 saturated heterocycles. The van der Waals surface area contributed by atoms with Crippen LogP contribution in [0.2, 0.25) is 0 Å². The third-order valence-corrected chi connectivity index (χ3v) is 1.99. The second-order valence-corrected chi connectivity index (χ2v) is 3.12. The van der Waals surface area contributed by atoms with Crippen LogP contribution in [-0.4, -0.2) is 43.8 Å². The number of halogens is 2. The highest BCUT2D eigenvalue weighted by Crippen LogP contribution is 2.10. The fourth-order valence-corrected chi connectivity index (χ4v) is 1.17. The molecule has 2 aromatic heterocycles. The summed E-state index contributed by atoms with van der Waals surface area (Å²) in [4.78, 5) is 3.92. The molecule has 0 aliphatic carbocycles. The number of aromatic nitrogens is 4. The molecule has 2 aromatic rings. The van der Waals surface area contributed by atoms with Crippen molar-refractivity contribution in [1.82, 2.24) is 19.6 Å². The Morgan fingerprint density at radius 1 is 1.50 bits per heavy atom. The van der Waals surface area contributed by atoms with Crippen molar-refractivity contribution in [3.05, 3.63) is 18.7 Å². The van der Waals surface area contributed by atoms with Gasteiger partial charge in [0, 0.05) is 18.9 Å². The van der Waals surface area contributed by atoms with E-state index in [2.05, 4.69) is 20.5 Å². The van der Waals surface area contributed by atoms with E-state index in [1.807, 2.05) is 0 Å². The summed E-state index contributed by atoms with van der Waals surface area (Å²) < 4.78 is 25.7. The van der Waals surface area contributed by atoms with Crippen LogP contribution in [0.3, 0.4) is 0 Å². The van der Waals surface area contributed by atoms with Gasteiger partial charge in [0.1, 0.15) is 12.4 Å². The van der Waals surface area contributed by atoms with Gasteiger partial charge in [-0.15, -0.1) is 10.2 Å². The molecule has 2 N–H and O–H groups in total. The standard InChI is InChI=1S/C8H9F2N5O/c9-6(10)5(16)3-12-7-8-14-13-4-15(8)2-1-11-7/h1-2,4-6,16H,3H2,(H,11,12). The summed E-state index contributed by atoms with van der Waals surface area (Å²) in [5.41, 5.74) is 0.420. The Bertz CT molecular complexity index is 474. The lowest BCUT2D eigenvalue weighted by Gasteiger charge is -2.10. The number of anilines is 1. The van der Waals surface area contributed by atoms with Crippen LogP contribution >= 0.6 is 0 Å². The Morgan fingerprint density at radius 2 is 2.31 bits per heavy atom. The molecule has 0 radical (unpaired) electrons. The molecule has 2 rings (SSSR count). The van der Waals surface area contributed by atoms with Crippen LogP contribution < -0.4 is 5.32 Å². The summed E-state index contributed by atoms with van der Waals surface area (Å²) in [7, 11) is 0. The summed E-state index contributed by atoms with van der Waals surface area (Å²) in [6, 6.07) is 0. The van der Waals surface area contributed by atoms with Gasteiger partial charge in [-0.05, 0) is 0 Å². The number of fused-ring (bicyclic) bond motifs is 1. The molecule has 0 aliphatic heterocycles. The lowest BCUT2D eigenvalue weighted by molar-refractivity contribution is 0.00381. The van der Waals surface area contributed by atoms with Crippen LogP contribution in [0.25, 0.3) is 5.65 Å². The summed E-state index contributed by atoms with van der Waals surface area (Å²) in [6.07, 6.45) is 0.0542. The minimum absolute atomic E-state index is 0.294. The average Bonchev–Trinajstić information content (AvgIpc) is 2.73. The van der Waals surface area contributed by atoms with Gasteiger partial charge in [-0.25, -0.2) is 13.8 Å². The molecule has 86 valence electrons. The number of nitrogens with zero attached hydrogens (tertiary/aromatic N) is 4. The molecule has 1 atom stereocenters. The lowest BCUT2D eigenvalue weighted by Crippen LogP contribution is -2.27. The quantitative estimate of drug-likeness (QED) is 0.781. The summed E-state index contributed by atoms with van der Waals surface area (Å²) in [5, 5.41) is 18.9. The van der Waals surface area contributed by atoms with Gasteiger partial charge in [0.25, 0.3) is 6.43 Å². The Kier molecular flexibility index (Phi) is 2.91. The smallest absolute Gasteiger partial charge is 0.265 e. The first-order chi connectivity index (χ1) is 7.68. The molecular formula is C8H9F2N5O. The SMILES string of the molecule is OC(CNc1nccn2cnnc12)C(F)F. The van der Waals surface area contributed by atoms with Crippen molar-refractivity contribution in [2.75, 3.05) is 11.9 Å². The molecule has 0 bridgehead atoms. The highest BCUT2D eigenvalue weighted by Gasteiger charge is 2.17. The summed E-state index contributed by atoms with van der Waals surface area (Å²) in [6.45, 7) is -0.294. The zero-order chi connectivity index (χ0) is 11.5. The Hall–Kier alpha value is -1.83. The summed E-state index contributed by atoms with van der Waals surface area (Å²) in [5.74, 6) is 0.305. The first-order valence-corrected chi connectivity index (χ1v) is 4.53. The molecule has 0 spiro atoms. The second kappa shape index (κ2) is 4.35. The van der Waals surface area contributed by atoms with E-state index < -0.39 is 12.5 Å². The number of rotatable bonds is 4. The molecule has 2 heterocycles. The van der Waals surface area contributed by atoms with Crippen molar-refractivity contribution >= 4 is 11.5 Å². The Labute approximate surface area is 88.9 Å². The van der Waals surface area contributed by atoms with E-state index in [-0.39, 0.29) is 6.54 Å². The molecule has 0 fully saturated rings. The molecule has 6 nitrogen and oxygen atoms in total. The zero-order valence-corrected chi connectivity index (χ0v) is 8.09. The van der Waals surface area contributed by atoms with E-state index in [4.69, 9.17) is 5.11 Å². The van der Waals surface area contributed by atoms with Crippen LogP contribution in [0.5, 0.6) is 0 Å². The van der Waals surface area contributed by atoms with E-state index in [0.29, 0.717) is 11.5 Å². The molecule has 0 saturated carbocycles. The Morgan fingerprint density at radius 3 is 3.06 bits per heavy atom. The van der Waals surface area contributed by atoms with Crippen molar-refractivity contribution in [1.29, 1.82) is 0 Å². The van der Waals surface area contributed by atoms with Gasteiger partial charge in [-0.3, -0.25) is 4.40 Å². The van der Waals surface area contributed by atoms with Gasteiger partial charge >= 0.3 is 0 Å². The monoisotopic (exact) mass is 229 g/mol. The topological polar surface area (TPSA) is 75.3 Å². The van der Waals surface area contributed by atoms with Crippen LogP contribution in [-0.2, 0) is 0 Å². The van der Waals surface area contributed by atoms with E-state index in [9.17, 15) is 8.78 Å². The van der Waals surface area contributed by atoms with Gasteiger partial charge < -0.3 is 10.4 Å². The van der Waals surface area contributed by atoms with Crippen LogP contribution in [0.1, 0.15) is 0 Å². The largest absolute Gasteiger partial charge is 0.385 e. The van der Waals surface area contributed by atoms with E-state index in [1.165, 1.54) is 12.5 Å². The van der Waals surface area contributed by atoms with Crippen molar-refractivity contribution in [3.8, 4) is 0 Å². The minimum atomic E-state index is -2.79. The van der Waals surface area contributed by atoms with Crippen molar-refractivity contribution in [3.63, 3.8) is 0 Å². The van der Waals surface area contributed by atoms with Gasteiger partial charge in [0.2, 0.25) is 5.65 Å². The third-order valence-electron chi connectivity index (χ3n) is 1.99. The van der Waals surface area contributed by atoms with Crippen LogP contribution in [0, 0.1) is 0 Å². The van der Waals surface area contributed by atoms with E-state index in [0.717, 1.165) is 0 Å². The molecule has 1 unspecified atom stereocenters. The predicted molar refractivity (Wildman–Crippen MR) is 51.3 cm³/mol. The average molecular weight is 229 g/mol.